The predicted octanol–water partition coefficient (Wildman–Crippen LogP) is 1.85. The zero-order valence-corrected chi connectivity index (χ0v) is 27.6. The van der Waals surface area contributed by atoms with E-state index in [9.17, 15) is 14.3 Å². The molecule has 2 aromatic carbocycles. The largest absolute Gasteiger partial charge is 1.00 e. The second-order valence-electron chi connectivity index (χ2n) is 12.0. The number of aromatic nitrogens is 1. The zero-order chi connectivity index (χ0) is 29.9. The summed E-state index contributed by atoms with van der Waals surface area (Å²) in [6, 6.07) is 14.4. The van der Waals surface area contributed by atoms with E-state index in [0.29, 0.717) is 49.4 Å². The van der Waals surface area contributed by atoms with Gasteiger partial charge in [-0.2, -0.15) is 0 Å². The van der Waals surface area contributed by atoms with E-state index in [1.165, 1.54) is 11.6 Å². The average molecular weight is 614 g/mol. The fourth-order valence-electron chi connectivity index (χ4n) is 6.68. The third kappa shape index (κ3) is 7.45. The molecular formula is C34H38F2N3NaO4. The average Bonchev–Trinajstić information content (AvgIpc) is 3.56. The number of rotatable bonds is 8. The minimum absolute atomic E-state index is 0. The molecule has 3 saturated heterocycles. The molecule has 6 rings (SSSR count). The SMILES string of the molecule is Cc1cc(C2CCN(C3CCOC3)CC2)ccc1COc1c(F)cc(F)cc1-c1cccc(N2CCC(C(=O)[O-])CC2)n1.[Na+]. The Balaban J connectivity index is 0.00000384. The number of aryl methyl sites for hydroxylation is 1. The van der Waals surface area contributed by atoms with Gasteiger partial charge < -0.3 is 24.3 Å². The molecule has 0 saturated carbocycles. The molecule has 1 atom stereocenters. The van der Waals surface area contributed by atoms with Crippen molar-refractivity contribution in [3.63, 3.8) is 0 Å². The first kappa shape index (κ1) is 32.8. The summed E-state index contributed by atoms with van der Waals surface area (Å²) in [5.74, 6) is -1.91. The molecule has 3 aromatic rings. The maximum Gasteiger partial charge on any atom is 1.00 e. The summed E-state index contributed by atoms with van der Waals surface area (Å²) in [5.41, 5.74) is 3.96. The van der Waals surface area contributed by atoms with Gasteiger partial charge in [0.05, 0.1) is 12.3 Å². The molecule has 7 nitrogen and oxygen atoms in total. The van der Waals surface area contributed by atoms with E-state index < -0.39 is 23.5 Å². The van der Waals surface area contributed by atoms with Crippen LogP contribution in [0.3, 0.4) is 0 Å². The number of carbonyl (C=O) groups is 1. The van der Waals surface area contributed by atoms with Gasteiger partial charge in [-0.3, -0.25) is 4.90 Å². The summed E-state index contributed by atoms with van der Waals surface area (Å²) < 4.78 is 41.2. The van der Waals surface area contributed by atoms with E-state index in [1.54, 1.807) is 12.1 Å². The zero-order valence-electron chi connectivity index (χ0n) is 25.6. The predicted molar refractivity (Wildman–Crippen MR) is 158 cm³/mol. The number of benzene rings is 2. The van der Waals surface area contributed by atoms with Gasteiger partial charge in [-0.25, -0.2) is 13.8 Å². The van der Waals surface area contributed by atoms with E-state index in [0.717, 1.165) is 62.8 Å². The van der Waals surface area contributed by atoms with Crippen molar-refractivity contribution in [1.82, 2.24) is 9.88 Å². The number of halogens is 2. The number of carboxylic acids is 1. The fraction of sp³-hybridized carbons (Fsp3) is 0.471. The van der Waals surface area contributed by atoms with Crippen LogP contribution in [0.4, 0.5) is 14.6 Å². The van der Waals surface area contributed by atoms with Gasteiger partial charge in [0.1, 0.15) is 18.2 Å². The number of carboxylic acid groups (broad SMARTS) is 1. The van der Waals surface area contributed by atoms with Gasteiger partial charge in [-0.05, 0) is 92.9 Å². The molecule has 3 fully saturated rings. The molecule has 0 spiro atoms. The van der Waals surface area contributed by atoms with Crippen LogP contribution in [0.15, 0.2) is 48.5 Å². The number of nitrogens with zero attached hydrogens (tertiary/aromatic N) is 3. The van der Waals surface area contributed by atoms with Crippen LogP contribution in [0.25, 0.3) is 11.3 Å². The van der Waals surface area contributed by atoms with Crippen LogP contribution in [0.5, 0.6) is 5.75 Å². The number of pyridine rings is 1. The molecule has 0 aliphatic carbocycles. The van der Waals surface area contributed by atoms with Gasteiger partial charge >= 0.3 is 29.6 Å². The molecule has 10 heteroatoms. The minimum atomic E-state index is -1.03. The molecule has 1 unspecified atom stereocenters. The summed E-state index contributed by atoms with van der Waals surface area (Å²) in [4.78, 5) is 20.5. The van der Waals surface area contributed by atoms with E-state index in [1.807, 2.05) is 17.9 Å². The maximum absolute atomic E-state index is 15.1. The van der Waals surface area contributed by atoms with Crippen molar-refractivity contribution in [1.29, 1.82) is 0 Å². The number of ether oxygens (including phenoxy) is 2. The maximum atomic E-state index is 15.1. The minimum Gasteiger partial charge on any atom is -0.550 e. The topological polar surface area (TPSA) is 78.0 Å². The van der Waals surface area contributed by atoms with Crippen molar-refractivity contribution < 1.29 is 57.7 Å². The Bertz CT molecular complexity index is 1450. The summed E-state index contributed by atoms with van der Waals surface area (Å²) in [7, 11) is 0. The standard InChI is InChI=1S/C34H39F2N3O4.Na/c1-22-17-25(23-7-12-38(13-8-23)28-11-16-42-21-28)5-6-26(22)20-43-33-29(18-27(35)19-30(33)36)31-3-2-4-32(37-31)39-14-9-24(10-15-39)34(40)41;/h2-6,17-19,23-24,28H,7-16,20-21H2,1H3,(H,40,41);/q;+1/p-1. The first-order chi connectivity index (χ1) is 20.9. The fourth-order valence-corrected chi connectivity index (χ4v) is 6.68. The molecule has 4 heterocycles. The Morgan fingerprint density at radius 1 is 1.02 bits per heavy atom. The Kier molecular flexibility index (Phi) is 11.0. The summed E-state index contributed by atoms with van der Waals surface area (Å²) in [6.45, 7) is 7.10. The number of hydrogen-bond donors (Lipinski definition) is 0. The quantitative estimate of drug-likeness (QED) is 0.359. The van der Waals surface area contributed by atoms with Gasteiger partial charge in [-0.15, -0.1) is 0 Å². The van der Waals surface area contributed by atoms with Crippen LogP contribution in [-0.2, 0) is 16.1 Å². The van der Waals surface area contributed by atoms with Crippen molar-refractivity contribution >= 4 is 11.8 Å². The molecule has 228 valence electrons. The molecule has 0 bridgehead atoms. The van der Waals surface area contributed by atoms with Crippen LogP contribution in [-0.4, -0.2) is 61.3 Å². The summed E-state index contributed by atoms with van der Waals surface area (Å²) >= 11 is 0. The van der Waals surface area contributed by atoms with Crippen molar-refractivity contribution in [2.24, 2.45) is 5.92 Å². The molecule has 0 radical (unpaired) electrons. The monoisotopic (exact) mass is 613 g/mol. The van der Waals surface area contributed by atoms with Crippen molar-refractivity contribution in [3.05, 3.63) is 76.9 Å². The number of likely N-dealkylation sites (tertiary alicyclic amines) is 1. The normalized spacial score (nSPS) is 20.0. The molecule has 3 aliphatic heterocycles. The van der Waals surface area contributed by atoms with Crippen molar-refractivity contribution in [2.45, 2.75) is 57.6 Å². The second kappa shape index (κ2) is 14.7. The summed E-state index contributed by atoms with van der Waals surface area (Å²) in [5, 5.41) is 11.2. The van der Waals surface area contributed by atoms with Crippen LogP contribution in [0.1, 0.15) is 54.7 Å². The van der Waals surface area contributed by atoms with Crippen LogP contribution in [0, 0.1) is 24.5 Å². The number of aliphatic carboxylic acids is 1. The molecule has 44 heavy (non-hydrogen) atoms. The van der Waals surface area contributed by atoms with Crippen LogP contribution < -0.4 is 44.3 Å². The van der Waals surface area contributed by atoms with Crippen LogP contribution in [0.2, 0.25) is 0 Å². The van der Waals surface area contributed by atoms with Gasteiger partial charge in [0.25, 0.3) is 0 Å². The molecule has 3 aliphatic rings. The molecule has 0 amide bonds. The van der Waals surface area contributed by atoms with E-state index in [2.05, 4.69) is 28.1 Å². The molecular weight excluding hydrogens is 575 g/mol. The number of hydrogen-bond acceptors (Lipinski definition) is 7. The Morgan fingerprint density at radius 3 is 2.48 bits per heavy atom. The third-order valence-corrected chi connectivity index (χ3v) is 9.33. The van der Waals surface area contributed by atoms with Gasteiger partial charge in [0.15, 0.2) is 11.6 Å². The third-order valence-electron chi connectivity index (χ3n) is 9.33. The second-order valence-corrected chi connectivity index (χ2v) is 12.0. The summed E-state index contributed by atoms with van der Waals surface area (Å²) in [6.07, 6.45) is 4.30. The molecule has 0 N–H and O–H groups in total. The molecule has 1 aromatic heterocycles. The van der Waals surface area contributed by atoms with Crippen LogP contribution >= 0.6 is 0 Å². The number of carbonyl (C=O) groups excluding carboxylic acids is 1. The van der Waals surface area contributed by atoms with E-state index in [-0.39, 0.29) is 47.5 Å². The van der Waals surface area contributed by atoms with E-state index >= 15 is 4.39 Å². The number of anilines is 1. The van der Waals surface area contributed by atoms with Gasteiger partial charge in [0.2, 0.25) is 0 Å². The smallest absolute Gasteiger partial charge is 0.550 e. The van der Waals surface area contributed by atoms with Gasteiger partial charge in [-0.1, -0.05) is 24.3 Å². The first-order valence-corrected chi connectivity index (χ1v) is 15.3. The van der Waals surface area contributed by atoms with Crippen molar-refractivity contribution in [3.8, 4) is 17.0 Å². The van der Waals surface area contributed by atoms with Gasteiger partial charge in [0, 0.05) is 49.3 Å². The van der Waals surface area contributed by atoms with E-state index in [4.69, 9.17) is 9.47 Å². The number of piperidine rings is 2. The van der Waals surface area contributed by atoms with Crippen molar-refractivity contribution in [2.75, 3.05) is 44.3 Å². The Hall–Kier alpha value is -2.56. The Morgan fingerprint density at radius 2 is 1.80 bits per heavy atom. The Labute approximate surface area is 279 Å². The first-order valence-electron chi connectivity index (χ1n) is 15.3.